The van der Waals surface area contributed by atoms with Crippen molar-refractivity contribution in [2.45, 2.75) is 47.1 Å². The second-order valence-corrected chi connectivity index (χ2v) is 9.20. The first kappa shape index (κ1) is 23.6. The fraction of sp³-hybridized carbons (Fsp3) is 0.600. The molecule has 1 aromatic carbocycles. The van der Waals surface area contributed by atoms with Gasteiger partial charge in [0.25, 0.3) is 0 Å². The van der Waals surface area contributed by atoms with E-state index in [0.29, 0.717) is 25.7 Å². The largest absolute Gasteiger partial charge is 0.389 e. The molecule has 2 heterocycles. The number of aliphatic hydroxyl groups excluding tert-OH is 1. The van der Waals surface area contributed by atoms with Crippen LogP contribution in [0.15, 0.2) is 24.3 Å². The first-order chi connectivity index (χ1) is 14.8. The molecule has 1 atom stereocenters. The topological polar surface area (TPSA) is 61.7 Å². The number of hydrogen-bond acceptors (Lipinski definition) is 6. The van der Waals surface area contributed by atoms with Gasteiger partial charge in [-0.05, 0) is 32.3 Å². The molecule has 1 aromatic heterocycles. The maximum Gasteiger partial charge on any atom is 0.136 e. The van der Waals surface area contributed by atoms with Crippen LogP contribution in [-0.4, -0.2) is 72.0 Å². The van der Waals surface area contributed by atoms with E-state index in [0.717, 1.165) is 49.9 Å². The molecule has 2 aromatic rings. The predicted octanol–water partition coefficient (Wildman–Crippen LogP) is 3.15. The van der Waals surface area contributed by atoms with Gasteiger partial charge in [0.15, 0.2) is 0 Å². The molecule has 0 spiro atoms. The van der Waals surface area contributed by atoms with E-state index in [9.17, 15) is 5.11 Å². The molecule has 1 aliphatic heterocycles. The average Bonchev–Trinajstić information content (AvgIpc) is 2.70. The molecule has 0 saturated carbocycles. The van der Waals surface area contributed by atoms with Crippen LogP contribution in [0.4, 0.5) is 5.82 Å². The Kier molecular flexibility index (Phi) is 8.41. The summed E-state index contributed by atoms with van der Waals surface area (Å²) in [5, 5.41) is 10.3. The maximum absolute atomic E-state index is 10.3. The third-order valence-electron chi connectivity index (χ3n) is 5.67. The van der Waals surface area contributed by atoms with Crippen LogP contribution in [0.25, 0.3) is 0 Å². The molecular formula is C25H38N4O2. The zero-order valence-corrected chi connectivity index (χ0v) is 19.8. The second kappa shape index (κ2) is 11.0. The van der Waals surface area contributed by atoms with Crippen LogP contribution in [0.1, 0.15) is 42.1 Å². The molecule has 0 bridgehead atoms. The number of aliphatic hydroxyl groups is 1. The zero-order valence-electron chi connectivity index (χ0n) is 19.8. The van der Waals surface area contributed by atoms with Crippen LogP contribution in [0.2, 0.25) is 0 Å². The van der Waals surface area contributed by atoms with Gasteiger partial charge in [-0.15, -0.1) is 0 Å². The summed E-state index contributed by atoms with van der Waals surface area (Å²) in [6.07, 6.45) is 0.403. The van der Waals surface area contributed by atoms with Crippen LogP contribution in [0, 0.1) is 26.7 Å². The number of rotatable bonds is 9. The number of benzene rings is 1. The zero-order chi connectivity index (χ0) is 22.4. The Labute approximate surface area is 187 Å². The lowest BCUT2D eigenvalue weighted by Gasteiger charge is -2.37. The Morgan fingerprint density at radius 3 is 2.45 bits per heavy atom. The number of piperazine rings is 1. The third kappa shape index (κ3) is 6.99. The van der Waals surface area contributed by atoms with E-state index in [2.05, 4.69) is 66.7 Å². The summed E-state index contributed by atoms with van der Waals surface area (Å²) < 4.78 is 5.59. The van der Waals surface area contributed by atoms with Crippen molar-refractivity contribution in [1.82, 2.24) is 14.9 Å². The van der Waals surface area contributed by atoms with Crippen molar-refractivity contribution in [3.63, 3.8) is 0 Å². The van der Waals surface area contributed by atoms with E-state index in [-0.39, 0.29) is 0 Å². The Bertz CT molecular complexity index is 847. The summed E-state index contributed by atoms with van der Waals surface area (Å²) in [5.41, 5.74) is 4.84. The summed E-state index contributed by atoms with van der Waals surface area (Å²) in [6, 6.07) is 8.66. The second-order valence-electron chi connectivity index (χ2n) is 9.20. The number of ether oxygens (including phenoxy) is 1. The highest BCUT2D eigenvalue weighted by Crippen LogP contribution is 2.25. The first-order valence-electron chi connectivity index (χ1n) is 11.4. The van der Waals surface area contributed by atoms with Crippen LogP contribution in [0.5, 0.6) is 0 Å². The van der Waals surface area contributed by atoms with E-state index in [4.69, 9.17) is 9.72 Å². The molecule has 1 N–H and O–H groups in total. The molecular weight excluding hydrogens is 388 g/mol. The minimum absolute atomic E-state index is 0.406. The number of aromatic nitrogens is 2. The number of nitrogens with zero attached hydrogens (tertiary/aromatic N) is 4. The summed E-state index contributed by atoms with van der Waals surface area (Å²) in [5.74, 6) is 2.37. The Balaban J connectivity index is 1.63. The van der Waals surface area contributed by atoms with Crippen molar-refractivity contribution in [1.29, 1.82) is 0 Å². The fourth-order valence-corrected chi connectivity index (χ4v) is 4.15. The Morgan fingerprint density at radius 2 is 1.77 bits per heavy atom. The average molecular weight is 427 g/mol. The minimum atomic E-state index is -0.439. The van der Waals surface area contributed by atoms with Crippen molar-refractivity contribution in [3.05, 3.63) is 52.5 Å². The van der Waals surface area contributed by atoms with Crippen LogP contribution >= 0.6 is 0 Å². The molecule has 6 heteroatoms. The van der Waals surface area contributed by atoms with Gasteiger partial charge >= 0.3 is 0 Å². The molecule has 170 valence electrons. The summed E-state index contributed by atoms with van der Waals surface area (Å²) >= 11 is 0. The van der Waals surface area contributed by atoms with E-state index < -0.39 is 6.10 Å². The van der Waals surface area contributed by atoms with Crippen LogP contribution in [-0.2, 0) is 11.2 Å². The summed E-state index contributed by atoms with van der Waals surface area (Å²) in [6.45, 7) is 15.8. The van der Waals surface area contributed by atoms with Gasteiger partial charge < -0.3 is 14.7 Å². The summed E-state index contributed by atoms with van der Waals surface area (Å²) in [7, 11) is 0. The lowest BCUT2D eigenvalue weighted by atomic mass is 10.0. The quantitative estimate of drug-likeness (QED) is 0.665. The maximum atomic E-state index is 10.3. The fourth-order valence-electron chi connectivity index (χ4n) is 4.15. The van der Waals surface area contributed by atoms with E-state index in [1.807, 2.05) is 6.92 Å². The monoisotopic (exact) mass is 426 g/mol. The summed E-state index contributed by atoms with van der Waals surface area (Å²) in [4.78, 5) is 14.2. The molecule has 1 saturated heterocycles. The van der Waals surface area contributed by atoms with E-state index in [1.165, 1.54) is 16.7 Å². The number of hydrogen-bond donors (Lipinski definition) is 1. The molecule has 0 radical (unpaired) electrons. The van der Waals surface area contributed by atoms with Gasteiger partial charge in [0.05, 0.1) is 12.7 Å². The Hall–Kier alpha value is -2.02. The van der Waals surface area contributed by atoms with Gasteiger partial charge in [-0.1, -0.05) is 43.7 Å². The number of β-amino-alcohol motifs (C(OH)–C–C–N with tert-alkyl or cyclic N) is 1. The SMILES string of the molecule is Cc1cccc(Cc2c(C)nc(C)nc2N2CCN(CC(O)COCC(C)C)CC2)c1. The normalized spacial score (nSPS) is 16.2. The number of anilines is 1. The molecule has 31 heavy (non-hydrogen) atoms. The van der Waals surface area contributed by atoms with Gasteiger partial charge in [0.1, 0.15) is 11.6 Å². The van der Waals surface area contributed by atoms with E-state index in [1.54, 1.807) is 0 Å². The highest BCUT2D eigenvalue weighted by Gasteiger charge is 2.23. The standard InChI is InChI=1S/C25H38N4O2/c1-18(2)16-31-17-23(30)15-28-9-11-29(12-10-28)25-24(20(4)26-21(5)27-25)14-22-8-6-7-19(3)13-22/h6-8,13,18,23,30H,9-12,14-17H2,1-5H3. The van der Waals surface area contributed by atoms with Crippen molar-refractivity contribution in [3.8, 4) is 0 Å². The predicted molar refractivity (Wildman–Crippen MR) is 126 cm³/mol. The molecule has 6 nitrogen and oxygen atoms in total. The lowest BCUT2D eigenvalue weighted by molar-refractivity contribution is 0.00745. The van der Waals surface area contributed by atoms with E-state index >= 15 is 0 Å². The third-order valence-corrected chi connectivity index (χ3v) is 5.67. The van der Waals surface area contributed by atoms with Gasteiger partial charge in [-0.3, -0.25) is 4.90 Å². The van der Waals surface area contributed by atoms with Gasteiger partial charge in [-0.2, -0.15) is 0 Å². The number of aryl methyl sites for hydroxylation is 3. The molecule has 0 aliphatic carbocycles. The molecule has 3 rings (SSSR count). The molecule has 1 unspecified atom stereocenters. The highest BCUT2D eigenvalue weighted by atomic mass is 16.5. The smallest absolute Gasteiger partial charge is 0.136 e. The molecule has 0 amide bonds. The Morgan fingerprint density at radius 1 is 1.03 bits per heavy atom. The van der Waals surface area contributed by atoms with Gasteiger partial charge in [0.2, 0.25) is 0 Å². The van der Waals surface area contributed by atoms with Crippen molar-refractivity contribution >= 4 is 5.82 Å². The molecule has 1 aliphatic rings. The van der Waals surface area contributed by atoms with Crippen LogP contribution in [0.3, 0.4) is 0 Å². The van der Waals surface area contributed by atoms with Crippen LogP contribution < -0.4 is 4.90 Å². The van der Waals surface area contributed by atoms with Crippen molar-refractivity contribution < 1.29 is 9.84 Å². The van der Waals surface area contributed by atoms with Crippen molar-refractivity contribution in [2.24, 2.45) is 5.92 Å². The minimum Gasteiger partial charge on any atom is -0.389 e. The van der Waals surface area contributed by atoms with Gasteiger partial charge in [0, 0.05) is 57.0 Å². The lowest BCUT2D eigenvalue weighted by Crippen LogP contribution is -2.49. The van der Waals surface area contributed by atoms with Crippen molar-refractivity contribution in [2.75, 3.05) is 50.8 Å². The first-order valence-corrected chi connectivity index (χ1v) is 11.4. The molecule has 1 fully saturated rings. The highest BCUT2D eigenvalue weighted by molar-refractivity contribution is 5.51. The van der Waals surface area contributed by atoms with Gasteiger partial charge in [-0.25, -0.2) is 9.97 Å².